The van der Waals surface area contributed by atoms with Crippen LogP contribution in [0.1, 0.15) is 12.5 Å². The van der Waals surface area contributed by atoms with Crippen LogP contribution in [0.3, 0.4) is 0 Å². The highest BCUT2D eigenvalue weighted by atomic mass is 35.5. The summed E-state index contributed by atoms with van der Waals surface area (Å²) in [7, 11) is 1.49. The van der Waals surface area contributed by atoms with E-state index < -0.39 is 0 Å². The van der Waals surface area contributed by atoms with Crippen LogP contribution in [0.2, 0.25) is 5.02 Å². The van der Waals surface area contributed by atoms with Crippen molar-refractivity contribution in [3.8, 4) is 45.0 Å². The van der Waals surface area contributed by atoms with Gasteiger partial charge in [0.25, 0.3) is 0 Å². The number of hydrogen-bond acceptors (Lipinski definition) is 4. The smallest absolute Gasteiger partial charge is 0.217 e. The summed E-state index contributed by atoms with van der Waals surface area (Å²) in [6.45, 7) is 1.74. The molecule has 33 heavy (non-hydrogen) atoms. The topological polar surface area (TPSA) is 71.5 Å². The van der Waals surface area contributed by atoms with Gasteiger partial charge in [0, 0.05) is 35.8 Å². The number of rotatable bonds is 6. The number of pyridine rings is 1. The Labute approximate surface area is 197 Å². The van der Waals surface area contributed by atoms with Crippen molar-refractivity contribution in [3.05, 3.63) is 89.6 Å². The number of nitrogens with zero attached hydrogens (tertiary/aromatic N) is 1. The molecular formula is C27H23ClN2O3. The predicted molar refractivity (Wildman–Crippen MR) is 131 cm³/mol. The van der Waals surface area contributed by atoms with Gasteiger partial charge in [0.1, 0.15) is 0 Å². The highest BCUT2D eigenvalue weighted by molar-refractivity contribution is 6.31. The standard InChI is InChI=1S/C27H23ClN2O3/c1-17(31)30-16-19-13-26(33-2)25(32)15-23(19)21-11-10-20(28)14-24(21)22-9-6-12-29-27(22)18-7-4-3-5-8-18/h3-15,32H,16H2,1-2H3,(H,30,31). The maximum atomic E-state index is 11.6. The van der Waals surface area contributed by atoms with Crippen LogP contribution in [0.5, 0.6) is 11.5 Å². The molecular weight excluding hydrogens is 436 g/mol. The van der Waals surface area contributed by atoms with E-state index in [9.17, 15) is 9.90 Å². The van der Waals surface area contributed by atoms with Crippen LogP contribution in [-0.2, 0) is 11.3 Å². The van der Waals surface area contributed by atoms with Gasteiger partial charge in [0.15, 0.2) is 11.5 Å². The number of hydrogen-bond donors (Lipinski definition) is 2. The third-order valence-electron chi connectivity index (χ3n) is 5.35. The maximum absolute atomic E-state index is 11.6. The first-order chi connectivity index (χ1) is 16.0. The van der Waals surface area contributed by atoms with E-state index in [-0.39, 0.29) is 18.2 Å². The van der Waals surface area contributed by atoms with Gasteiger partial charge >= 0.3 is 0 Å². The van der Waals surface area contributed by atoms with E-state index in [0.717, 1.165) is 39.1 Å². The molecule has 0 aliphatic carbocycles. The van der Waals surface area contributed by atoms with Crippen LogP contribution in [0.25, 0.3) is 33.5 Å². The second-order valence-corrected chi connectivity index (χ2v) is 7.98. The quantitative estimate of drug-likeness (QED) is 0.367. The summed E-state index contributed by atoms with van der Waals surface area (Å²) >= 11 is 6.43. The number of benzene rings is 3. The molecule has 6 heteroatoms. The number of aromatic nitrogens is 1. The number of carbonyl (C=O) groups is 1. The molecule has 1 amide bonds. The van der Waals surface area contributed by atoms with Gasteiger partial charge in [-0.1, -0.05) is 54.1 Å². The Morgan fingerprint density at radius 3 is 2.48 bits per heavy atom. The second-order valence-electron chi connectivity index (χ2n) is 7.55. The Hall–Kier alpha value is -3.83. The van der Waals surface area contributed by atoms with Gasteiger partial charge < -0.3 is 15.2 Å². The third kappa shape index (κ3) is 4.83. The monoisotopic (exact) mass is 458 g/mol. The number of ether oxygens (including phenoxy) is 1. The zero-order valence-electron chi connectivity index (χ0n) is 18.3. The minimum atomic E-state index is -0.150. The fourth-order valence-corrected chi connectivity index (χ4v) is 3.99. The molecule has 1 heterocycles. The maximum Gasteiger partial charge on any atom is 0.217 e. The average Bonchev–Trinajstić information content (AvgIpc) is 2.83. The van der Waals surface area contributed by atoms with Crippen molar-refractivity contribution in [1.29, 1.82) is 0 Å². The first kappa shape index (κ1) is 22.4. The Morgan fingerprint density at radius 1 is 0.970 bits per heavy atom. The summed E-state index contributed by atoms with van der Waals surface area (Å²) in [6.07, 6.45) is 1.76. The molecule has 0 saturated carbocycles. The van der Waals surface area contributed by atoms with Crippen molar-refractivity contribution in [3.63, 3.8) is 0 Å². The highest BCUT2D eigenvalue weighted by Crippen LogP contribution is 2.42. The molecule has 0 unspecified atom stereocenters. The first-order valence-corrected chi connectivity index (χ1v) is 10.8. The zero-order chi connectivity index (χ0) is 23.4. The molecule has 0 atom stereocenters. The molecule has 0 spiro atoms. The summed E-state index contributed by atoms with van der Waals surface area (Å²) in [6, 6.07) is 22.8. The molecule has 4 rings (SSSR count). The Bertz CT molecular complexity index is 1310. The van der Waals surface area contributed by atoms with Gasteiger partial charge in [0.05, 0.1) is 12.8 Å². The molecule has 0 saturated heterocycles. The van der Waals surface area contributed by atoms with Gasteiger partial charge in [-0.3, -0.25) is 9.78 Å². The van der Waals surface area contributed by atoms with Crippen LogP contribution < -0.4 is 10.1 Å². The molecule has 0 bridgehead atoms. The van der Waals surface area contributed by atoms with E-state index in [0.29, 0.717) is 10.8 Å². The Balaban J connectivity index is 1.96. The van der Waals surface area contributed by atoms with E-state index in [2.05, 4.69) is 10.3 Å². The Kier molecular flexibility index (Phi) is 6.61. The number of phenols is 1. The van der Waals surface area contributed by atoms with Gasteiger partial charge in [-0.05, 0) is 52.6 Å². The number of methoxy groups -OCH3 is 1. The second kappa shape index (κ2) is 9.76. The summed E-state index contributed by atoms with van der Waals surface area (Å²) in [5, 5.41) is 14.0. The molecule has 5 nitrogen and oxygen atoms in total. The number of aromatic hydroxyl groups is 1. The molecule has 0 aliphatic heterocycles. The van der Waals surface area contributed by atoms with E-state index >= 15 is 0 Å². The molecule has 1 aromatic heterocycles. The van der Waals surface area contributed by atoms with E-state index in [4.69, 9.17) is 16.3 Å². The molecule has 0 fully saturated rings. The highest BCUT2D eigenvalue weighted by Gasteiger charge is 2.18. The summed E-state index contributed by atoms with van der Waals surface area (Å²) in [5.74, 6) is 0.193. The minimum Gasteiger partial charge on any atom is -0.504 e. The molecule has 0 radical (unpaired) electrons. The van der Waals surface area contributed by atoms with Crippen LogP contribution >= 0.6 is 11.6 Å². The SMILES string of the molecule is COc1cc(CNC(C)=O)c(-c2ccc(Cl)cc2-c2cccnc2-c2ccccc2)cc1O. The molecule has 2 N–H and O–H groups in total. The van der Waals surface area contributed by atoms with E-state index in [1.54, 1.807) is 18.3 Å². The fraction of sp³-hybridized carbons (Fsp3) is 0.111. The summed E-state index contributed by atoms with van der Waals surface area (Å²) < 4.78 is 5.30. The lowest BCUT2D eigenvalue weighted by Gasteiger charge is -2.18. The van der Waals surface area contributed by atoms with Gasteiger partial charge in [-0.15, -0.1) is 0 Å². The molecule has 3 aromatic carbocycles. The van der Waals surface area contributed by atoms with Crippen LogP contribution in [0, 0.1) is 0 Å². The van der Waals surface area contributed by atoms with Crippen molar-refractivity contribution in [2.45, 2.75) is 13.5 Å². The third-order valence-corrected chi connectivity index (χ3v) is 5.58. The van der Waals surface area contributed by atoms with E-state index in [1.807, 2.05) is 60.7 Å². The first-order valence-electron chi connectivity index (χ1n) is 10.4. The van der Waals surface area contributed by atoms with Crippen molar-refractivity contribution in [2.75, 3.05) is 7.11 Å². The molecule has 0 aliphatic rings. The van der Waals surface area contributed by atoms with Crippen molar-refractivity contribution in [1.82, 2.24) is 10.3 Å². The van der Waals surface area contributed by atoms with Crippen LogP contribution in [0.4, 0.5) is 0 Å². The number of nitrogens with one attached hydrogen (secondary N) is 1. The number of amides is 1. The lowest BCUT2D eigenvalue weighted by Crippen LogP contribution is -2.19. The lowest BCUT2D eigenvalue weighted by molar-refractivity contribution is -0.119. The average molecular weight is 459 g/mol. The van der Waals surface area contributed by atoms with Gasteiger partial charge in [-0.2, -0.15) is 0 Å². The Morgan fingerprint density at radius 2 is 1.76 bits per heavy atom. The van der Waals surface area contributed by atoms with Crippen LogP contribution in [0.15, 0.2) is 79.0 Å². The summed E-state index contributed by atoms with van der Waals surface area (Å²) in [4.78, 5) is 16.3. The number of carbonyl (C=O) groups excluding carboxylic acids is 1. The summed E-state index contributed by atoms with van der Waals surface area (Å²) in [5.41, 5.74) is 5.98. The molecule has 166 valence electrons. The zero-order valence-corrected chi connectivity index (χ0v) is 19.1. The lowest BCUT2D eigenvalue weighted by atomic mass is 9.89. The van der Waals surface area contributed by atoms with E-state index in [1.165, 1.54) is 14.0 Å². The van der Waals surface area contributed by atoms with Gasteiger partial charge in [0.2, 0.25) is 5.91 Å². The number of halogens is 1. The normalized spacial score (nSPS) is 10.6. The van der Waals surface area contributed by atoms with Gasteiger partial charge in [-0.25, -0.2) is 0 Å². The largest absolute Gasteiger partial charge is 0.504 e. The minimum absolute atomic E-state index is 0.00874. The van der Waals surface area contributed by atoms with Crippen molar-refractivity contribution < 1.29 is 14.6 Å². The fourth-order valence-electron chi connectivity index (χ4n) is 3.81. The predicted octanol–water partition coefficient (Wildman–Crippen LogP) is 6.09. The van der Waals surface area contributed by atoms with Crippen molar-refractivity contribution >= 4 is 17.5 Å². The number of phenolic OH excluding ortho intramolecular Hbond substituents is 1. The van der Waals surface area contributed by atoms with Crippen LogP contribution in [-0.4, -0.2) is 23.1 Å². The molecule has 4 aromatic rings. The van der Waals surface area contributed by atoms with Crippen molar-refractivity contribution in [2.24, 2.45) is 0 Å².